The summed E-state index contributed by atoms with van der Waals surface area (Å²) in [5, 5.41) is 0. The summed E-state index contributed by atoms with van der Waals surface area (Å²) < 4.78 is 0. The zero-order chi connectivity index (χ0) is 9.02. The zero-order valence-corrected chi connectivity index (χ0v) is 10.5. The van der Waals surface area contributed by atoms with Crippen LogP contribution in [0.25, 0.3) is 0 Å². The predicted octanol–water partition coefficient (Wildman–Crippen LogP) is 3.98. The molecule has 0 heterocycles. The highest BCUT2D eigenvalue weighted by Crippen LogP contribution is 2.53. The maximum absolute atomic E-state index is 2.40. The van der Waals surface area contributed by atoms with Crippen molar-refractivity contribution < 1.29 is 0 Å². The van der Waals surface area contributed by atoms with E-state index in [1.807, 2.05) is 0 Å². The van der Waals surface area contributed by atoms with Crippen LogP contribution in [0.1, 0.15) is 27.7 Å². The lowest BCUT2D eigenvalue weighted by molar-refractivity contribution is 1.01. The molecule has 0 radical (unpaired) electrons. The van der Waals surface area contributed by atoms with Gasteiger partial charge in [-0.05, 0) is 30.6 Å². The van der Waals surface area contributed by atoms with Gasteiger partial charge in [-0.25, -0.2) is 0 Å². The Morgan fingerprint density at radius 1 is 0.909 bits per heavy atom. The maximum atomic E-state index is 2.40. The molecule has 0 aromatic heterocycles. The van der Waals surface area contributed by atoms with E-state index in [1.165, 1.54) is 5.90 Å². The molecule has 0 spiro atoms. The third-order valence-corrected chi connectivity index (χ3v) is 8.00. The molecule has 0 rings (SSSR count). The van der Waals surface area contributed by atoms with Crippen LogP contribution >= 0.6 is 15.8 Å². The lowest BCUT2D eigenvalue weighted by atomic mass is 10.5. The van der Waals surface area contributed by atoms with Gasteiger partial charge in [-0.3, -0.25) is 0 Å². The summed E-state index contributed by atoms with van der Waals surface area (Å²) in [5.41, 5.74) is 1.85. The van der Waals surface area contributed by atoms with E-state index < -0.39 is 0 Å². The van der Waals surface area contributed by atoms with Crippen LogP contribution in [0.3, 0.4) is 0 Å². The zero-order valence-electron chi connectivity index (χ0n) is 8.76. The lowest BCUT2D eigenvalue weighted by Gasteiger charge is -2.27. The molecule has 0 aliphatic rings. The summed E-state index contributed by atoms with van der Waals surface area (Å²) in [4.78, 5) is 0. The summed E-state index contributed by atoms with van der Waals surface area (Å²) in [6.07, 6.45) is 0. The Balaban J connectivity index is 3.90. The van der Waals surface area contributed by atoms with E-state index in [0.717, 1.165) is 11.3 Å². The fraction of sp³-hybridized carbons (Fsp3) is 1.00. The molecule has 0 atom stereocenters. The molecule has 68 valence electrons. The summed E-state index contributed by atoms with van der Waals surface area (Å²) in [7, 11) is 0.635. The van der Waals surface area contributed by atoms with Gasteiger partial charge in [-0.1, -0.05) is 35.6 Å². The first-order valence-electron chi connectivity index (χ1n) is 4.35. The maximum Gasteiger partial charge on any atom is -0.0121 e. The number of hydrogen-bond donors (Lipinski definition) is 0. The minimum absolute atomic E-state index is 0.311. The third-order valence-electron chi connectivity index (χ3n) is 1.77. The molecule has 0 saturated carbocycles. The van der Waals surface area contributed by atoms with E-state index in [0.29, 0.717) is 15.8 Å². The van der Waals surface area contributed by atoms with Crippen molar-refractivity contribution in [2.45, 2.75) is 39.0 Å². The van der Waals surface area contributed by atoms with Gasteiger partial charge in [0.2, 0.25) is 0 Å². The first-order valence-corrected chi connectivity index (χ1v) is 8.44. The van der Waals surface area contributed by atoms with Gasteiger partial charge >= 0.3 is 0 Å². The van der Waals surface area contributed by atoms with Crippen molar-refractivity contribution in [1.29, 1.82) is 0 Å². The van der Waals surface area contributed by atoms with Crippen molar-refractivity contribution in [3.63, 3.8) is 0 Å². The number of hydrogen-bond acceptors (Lipinski definition) is 0. The van der Waals surface area contributed by atoms with Crippen LogP contribution in [-0.4, -0.2) is 30.6 Å². The Hall–Kier alpha value is 0.860. The standard InChI is InChI=1S/C9H22P2/c1-8(2)11(9(3)4)7-10(5)6/h8-9H,7H2,1-6H3. The Bertz CT molecular complexity index is 89.7. The van der Waals surface area contributed by atoms with Crippen LogP contribution < -0.4 is 0 Å². The van der Waals surface area contributed by atoms with Crippen LogP contribution in [0.5, 0.6) is 0 Å². The molecule has 0 aliphatic carbocycles. The molecule has 2 heteroatoms. The van der Waals surface area contributed by atoms with E-state index in [2.05, 4.69) is 41.0 Å². The van der Waals surface area contributed by atoms with Gasteiger partial charge in [-0.15, -0.1) is 7.92 Å². The minimum Gasteiger partial charge on any atom is -0.109 e. The molecule has 11 heavy (non-hydrogen) atoms. The van der Waals surface area contributed by atoms with Crippen LogP contribution in [-0.2, 0) is 0 Å². The van der Waals surface area contributed by atoms with Crippen LogP contribution in [0.2, 0.25) is 0 Å². The predicted molar refractivity (Wildman–Crippen MR) is 60.8 cm³/mol. The Morgan fingerprint density at radius 3 is 1.36 bits per heavy atom. The molecule has 0 aliphatic heterocycles. The molecule has 0 unspecified atom stereocenters. The van der Waals surface area contributed by atoms with E-state index in [1.54, 1.807) is 0 Å². The van der Waals surface area contributed by atoms with Gasteiger partial charge in [0.05, 0.1) is 0 Å². The highest BCUT2D eigenvalue weighted by atomic mass is 31.2. The minimum atomic E-state index is 0.311. The van der Waals surface area contributed by atoms with Gasteiger partial charge < -0.3 is 0 Å². The molecule has 0 saturated heterocycles. The summed E-state index contributed by atoms with van der Waals surface area (Å²) in [5.74, 6) is 1.51. The molecular weight excluding hydrogens is 170 g/mol. The molecule has 0 aromatic rings. The SMILES string of the molecule is CC(C)P(CP(C)C)C(C)C. The van der Waals surface area contributed by atoms with Crippen LogP contribution in [0.15, 0.2) is 0 Å². The fourth-order valence-corrected chi connectivity index (χ4v) is 7.67. The van der Waals surface area contributed by atoms with Crippen molar-refractivity contribution in [3.05, 3.63) is 0 Å². The molecule has 0 fully saturated rings. The Kier molecular flexibility index (Phi) is 5.93. The van der Waals surface area contributed by atoms with Gasteiger partial charge in [0.25, 0.3) is 0 Å². The molecule has 0 amide bonds. The van der Waals surface area contributed by atoms with Crippen LogP contribution in [0, 0.1) is 0 Å². The quantitative estimate of drug-likeness (QED) is 0.591. The Labute approximate surface area is 74.7 Å². The Morgan fingerprint density at radius 2 is 1.27 bits per heavy atom. The lowest BCUT2D eigenvalue weighted by Crippen LogP contribution is -2.05. The summed E-state index contributed by atoms with van der Waals surface area (Å²) in [6.45, 7) is 14.3. The highest BCUT2D eigenvalue weighted by Gasteiger charge is 2.16. The molecule has 0 bridgehead atoms. The molecule has 0 aromatic carbocycles. The van der Waals surface area contributed by atoms with Crippen molar-refractivity contribution in [1.82, 2.24) is 0 Å². The number of rotatable bonds is 4. The smallest absolute Gasteiger partial charge is 0.0121 e. The average Bonchev–Trinajstić information content (AvgIpc) is 1.81. The average molecular weight is 192 g/mol. The second-order valence-electron chi connectivity index (χ2n) is 3.92. The van der Waals surface area contributed by atoms with Gasteiger partial charge in [-0.2, -0.15) is 0 Å². The van der Waals surface area contributed by atoms with Crippen LogP contribution in [0.4, 0.5) is 0 Å². The fourth-order valence-electron chi connectivity index (χ4n) is 1.25. The third kappa shape index (κ3) is 5.15. The van der Waals surface area contributed by atoms with E-state index >= 15 is 0 Å². The van der Waals surface area contributed by atoms with E-state index in [9.17, 15) is 0 Å². The molecule has 0 nitrogen and oxygen atoms in total. The summed E-state index contributed by atoms with van der Waals surface area (Å²) in [6, 6.07) is 0. The van der Waals surface area contributed by atoms with Crippen molar-refractivity contribution in [3.8, 4) is 0 Å². The summed E-state index contributed by atoms with van der Waals surface area (Å²) >= 11 is 0. The monoisotopic (exact) mass is 192 g/mol. The molecular formula is C9H22P2. The first-order chi connectivity index (χ1) is 4.95. The normalized spacial score (nSPS) is 12.5. The van der Waals surface area contributed by atoms with Crippen molar-refractivity contribution in [2.75, 3.05) is 19.2 Å². The second-order valence-corrected chi connectivity index (χ2v) is 10.3. The highest BCUT2D eigenvalue weighted by molar-refractivity contribution is 7.74. The molecule has 0 N–H and O–H groups in total. The van der Waals surface area contributed by atoms with E-state index in [-0.39, 0.29) is 0 Å². The van der Waals surface area contributed by atoms with Crippen molar-refractivity contribution in [2.24, 2.45) is 0 Å². The second kappa shape index (κ2) is 5.50. The largest absolute Gasteiger partial charge is 0.109 e. The van der Waals surface area contributed by atoms with Gasteiger partial charge in [0.1, 0.15) is 0 Å². The van der Waals surface area contributed by atoms with E-state index in [4.69, 9.17) is 0 Å². The van der Waals surface area contributed by atoms with Crippen molar-refractivity contribution >= 4 is 15.8 Å². The van der Waals surface area contributed by atoms with Gasteiger partial charge in [0.15, 0.2) is 0 Å². The van der Waals surface area contributed by atoms with Gasteiger partial charge in [0, 0.05) is 0 Å². The topological polar surface area (TPSA) is 0 Å². The first kappa shape index (κ1) is 11.9.